The van der Waals surface area contributed by atoms with Crippen LogP contribution in [0, 0.1) is 0 Å². The lowest BCUT2D eigenvalue weighted by molar-refractivity contribution is 0.670. The first-order chi connectivity index (χ1) is 26.3. The molecule has 3 heterocycles. The predicted molar refractivity (Wildman–Crippen MR) is 225 cm³/mol. The molecule has 12 aromatic rings. The summed E-state index contributed by atoms with van der Waals surface area (Å²) in [6.45, 7) is 0. The number of furan rings is 2. The molecule has 0 saturated carbocycles. The minimum atomic E-state index is 0.908. The molecule has 0 spiro atoms. The van der Waals surface area contributed by atoms with Crippen molar-refractivity contribution >= 4 is 97.6 Å². The molecule has 0 unspecified atom stereocenters. The van der Waals surface area contributed by atoms with Gasteiger partial charge in [-0.3, -0.25) is 0 Å². The van der Waals surface area contributed by atoms with Crippen LogP contribution in [0.4, 0.5) is 0 Å². The molecule has 2 nitrogen and oxygen atoms in total. The van der Waals surface area contributed by atoms with Gasteiger partial charge in [0.2, 0.25) is 0 Å². The maximum atomic E-state index is 6.83. The highest BCUT2D eigenvalue weighted by Gasteiger charge is 2.25. The molecule has 0 aliphatic heterocycles. The molecule has 3 aromatic heterocycles. The minimum absolute atomic E-state index is 0.908. The van der Waals surface area contributed by atoms with E-state index in [2.05, 4.69) is 164 Å². The van der Waals surface area contributed by atoms with Gasteiger partial charge in [0.1, 0.15) is 16.7 Å². The number of hydrogen-bond donors (Lipinski definition) is 0. The normalized spacial score (nSPS) is 12.2. The lowest BCUT2D eigenvalue weighted by Crippen LogP contribution is -1.91. The van der Waals surface area contributed by atoms with Crippen LogP contribution in [-0.2, 0) is 0 Å². The molecule has 53 heavy (non-hydrogen) atoms. The van der Waals surface area contributed by atoms with Crippen molar-refractivity contribution in [1.82, 2.24) is 0 Å². The van der Waals surface area contributed by atoms with Gasteiger partial charge in [-0.05, 0) is 56.1 Å². The van der Waals surface area contributed by atoms with Gasteiger partial charge in [-0.1, -0.05) is 152 Å². The molecule has 0 aliphatic rings. The molecule has 12 rings (SSSR count). The summed E-state index contributed by atoms with van der Waals surface area (Å²) in [6, 6.07) is 61.0. The van der Waals surface area contributed by atoms with Crippen molar-refractivity contribution in [2.75, 3.05) is 0 Å². The summed E-state index contributed by atoms with van der Waals surface area (Å²) in [7, 11) is 0. The summed E-state index contributed by atoms with van der Waals surface area (Å²) < 4.78 is 14.7. The molecule has 0 N–H and O–H groups in total. The molecule has 246 valence electrons. The Hall–Kier alpha value is -6.68. The van der Waals surface area contributed by atoms with E-state index in [1.54, 1.807) is 0 Å². The minimum Gasteiger partial charge on any atom is -0.455 e. The molecule has 0 saturated heterocycles. The fraction of sp³-hybridized carbons (Fsp3) is 0. The van der Waals surface area contributed by atoms with Crippen molar-refractivity contribution in [2.24, 2.45) is 0 Å². The Bertz CT molecular complexity index is 3390. The molecule has 0 radical (unpaired) electrons. The molecule has 0 atom stereocenters. The van der Waals surface area contributed by atoms with Crippen molar-refractivity contribution in [1.29, 1.82) is 0 Å². The van der Waals surface area contributed by atoms with Gasteiger partial charge in [0.15, 0.2) is 5.58 Å². The summed E-state index contributed by atoms with van der Waals surface area (Å²) in [6.07, 6.45) is 0. The topological polar surface area (TPSA) is 26.3 Å². The standard InChI is InChI=1S/C50H28O2S/c1-2-14-30(15-3-1)43-40-27-26-37-32-17-10-11-24-41(32)51-48(37)49(40)53-50(43)46-35-20-8-6-18-33(35)44(34-19-7-9-21-36(34)46)38-22-12-23-39-45-31-16-5-4-13-29(31)25-28-42(45)52-47(38)39/h1-28H. The first-order valence-corrected chi connectivity index (χ1v) is 18.8. The summed E-state index contributed by atoms with van der Waals surface area (Å²) >= 11 is 1.84. The van der Waals surface area contributed by atoms with Crippen LogP contribution in [0.1, 0.15) is 0 Å². The number of thiophene rings is 1. The van der Waals surface area contributed by atoms with Gasteiger partial charge in [-0.15, -0.1) is 11.3 Å². The highest BCUT2D eigenvalue weighted by molar-refractivity contribution is 7.24. The molecule has 0 aliphatic carbocycles. The molecule has 3 heteroatoms. The van der Waals surface area contributed by atoms with Crippen LogP contribution in [0.2, 0.25) is 0 Å². The van der Waals surface area contributed by atoms with Gasteiger partial charge in [-0.25, -0.2) is 0 Å². The summed E-state index contributed by atoms with van der Waals surface area (Å²) in [5.41, 5.74) is 9.66. The lowest BCUT2D eigenvalue weighted by atomic mass is 9.86. The van der Waals surface area contributed by atoms with Crippen LogP contribution in [0.25, 0.3) is 119 Å². The zero-order valence-electron chi connectivity index (χ0n) is 28.4. The Labute approximate surface area is 307 Å². The first-order valence-electron chi connectivity index (χ1n) is 18.0. The Morgan fingerprint density at radius 3 is 1.72 bits per heavy atom. The molecule has 0 fully saturated rings. The van der Waals surface area contributed by atoms with E-state index in [4.69, 9.17) is 8.83 Å². The second-order valence-electron chi connectivity index (χ2n) is 13.9. The molecular weight excluding hydrogens is 665 g/mol. The number of hydrogen-bond acceptors (Lipinski definition) is 3. The Balaban J connectivity index is 1.22. The largest absolute Gasteiger partial charge is 0.455 e. The van der Waals surface area contributed by atoms with E-state index in [0.717, 1.165) is 44.1 Å². The third-order valence-electron chi connectivity index (χ3n) is 11.1. The Morgan fingerprint density at radius 2 is 0.943 bits per heavy atom. The summed E-state index contributed by atoms with van der Waals surface area (Å²) in [5.74, 6) is 0. The second-order valence-corrected chi connectivity index (χ2v) is 14.9. The number of fused-ring (bicyclic) bond motifs is 12. The highest BCUT2D eigenvalue weighted by Crippen LogP contribution is 2.54. The SMILES string of the molecule is c1ccc(-c2c(-c3c4ccccc4c(-c4cccc5c4oc4ccc6ccccc6c45)c4ccccc34)sc3c2ccc2c4ccccc4oc23)cc1. The monoisotopic (exact) mass is 692 g/mol. The second kappa shape index (κ2) is 10.9. The van der Waals surface area contributed by atoms with Crippen LogP contribution >= 0.6 is 11.3 Å². The zero-order chi connectivity index (χ0) is 34.6. The van der Waals surface area contributed by atoms with E-state index in [1.807, 2.05) is 17.4 Å². The van der Waals surface area contributed by atoms with Gasteiger partial charge < -0.3 is 8.83 Å². The van der Waals surface area contributed by atoms with Crippen molar-refractivity contribution in [3.8, 4) is 32.7 Å². The predicted octanol–water partition coefficient (Wildman–Crippen LogP) is 15.2. The van der Waals surface area contributed by atoms with E-state index in [-0.39, 0.29) is 0 Å². The van der Waals surface area contributed by atoms with Gasteiger partial charge >= 0.3 is 0 Å². The smallest absolute Gasteiger partial charge is 0.153 e. The van der Waals surface area contributed by atoms with Crippen LogP contribution in [0.15, 0.2) is 179 Å². The number of para-hydroxylation sites is 2. The van der Waals surface area contributed by atoms with Gasteiger partial charge in [-0.2, -0.15) is 0 Å². The highest BCUT2D eigenvalue weighted by atomic mass is 32.1. The van der Waals surface area contributed by atoms with Crippen LogP contribution in [0.5, 0.6) is 0 Å². The Kier molecular flexibility index (Phi) is 5.96. The molecule has 9 aromatic carbocycles. The number of benzene rings is 9. The van der Waals surface area contributed by atoms with E-state index < -0.39 is 0 Å². The van der Waals surface area contributed by atoms with Crippen LogP contribution in [0.3, 0.4) is 0 Å². The maximum Gasteiger partial charge on any atom is 0.153 e. The molecular formula is C50H28O2S. The van der Waals surface area contributed by atoms with Crippen LogP contribution < -0.4 is 0 Å². The van der Waals surface area contributed by atoms with Gasteiger partial charge in [0, 0.05) is 54.1 Å². The third-order valence-corrected chi connectivity index (χ3v) is 12.3. The van der Waals surface area contributed by atoms with E-state index in [0.29, 0.717) is 0 Å². The average molecular weight is 693 g/mol. The average Bonchev–Trinajstić information content (AvgIpc) is 3.92. The van der Waals surface area contributed by atoms with Gasteiger partial charge in [0.25, 0.3) is 0 Å². The molecule has 0 amide bonds. The summed E-state index contributed by atoms with van der Waals surface area (Å²) in [5, 5.41) is 13.1. The maximum absolute atomic E-state index is 6.83. The van der Waals surface area contributed by atoms with Crippen molar-refractivity contribution in [2.45, 2.75) is 0 Å². The lowest BCUT2D eigenvalue weighted by Gasteiger charge is -2.18. The quantitative estimate of drug-likeness (QED) is 0.172. The van der Waals surface area contributed by atoms with E-state index in [9.17, 15) is 0 Å². The number of rotatable bonds is 3. The first kappa shape index (κ1) is 29.0. The fourth-order valence-corrected chi connectivity index (χ4v) is 10.2. The summed E-state index contributed by atoms with van der Waals surface area (Å²) in [4.78, 5) is 1.24. The van der Waals surface area contributed by atoms with Crippen molar-refractivity contribution in [3.63, 3.8) is 0 Å². The zero-order valence-corrected chi connectivity index (χ0v) is 29.2. The Morgan fingerprint density at radius 1 is 0.340 bits per heavy atom. The van der Waals surface area contributed by atoms with Crippen molar-refractivity contribution in [3.05, 3.63) is 170 Å². The van der Waals surface area contributed by atoms with E-state index in [1.165, 1.54) is 74.9 Å². The van der Waals surface area contributed by atoms with E-state index >= 15 is 0 Å². The van der Waals surface area contributed by atoms with Crippen molar-refractivity contribution < 1.29 is 8.83 Å². The fourth-order valence-electron chi connectivity index (χ4n) is 8.83. The third kappa shape index (κ3) is 4.03. The molecule has 0 bridgehead atoms. The van der Waals surface area contributed by atoms with Gasteiger partial charge in [0.05, 0.1) is 4.70 Å². The van der Waals surface area contributed by atoms with Crippen LogP contribution in [-0.4, -0.2) is 0 Å².